The summed E-state index contributed by atoms with van der Waals surface area (Å²) >= 11 is 0. The van der Waals surface area contributed by atoms with Crippen molar-refractivity contribution in [3.05, 3.63) is 29.3 Å². The fraction of sp³-hybridized carbons (Fsp3) is 0.684. The second-order valence-electron chi connectivity index (χ2n) is 6.95. The van der Waals surface area contributed by atoms with Gasteiger partial charge in [-0.2, -0.15) is 0 Å². The average molecular weight is 303 g/mol. The van der Waals surface area contributed by atoms with E-state index < -0.39 is 0 Å². The fourth-order valence-electron chi connectivity index (χ4n) is 4.07. The van der Waals surface area contributed by atoms with Gasteiger partial charge in [0.15, 0.2) is 0 Å². The minimum absolute atomic E-state index is 0.479. The van der Waals surface area contributed by atoms with Crippen LogP contribution in [0.15, 0.2) is 18.2 Å². The van der Waals surface area contributed by atoms with Gasteiger partial charge >= 0.3 is 0 Å². The largest absolute Gasteiger partial charge is 0.496 e. The molecular weight excluding hydrogens is 274 g/mol. The number of nitrogens with one attached hydrogen (secondary N) is 1. The molecule has 1 aromatic carbocycles. The van der Waals surface area contributed by atoms with Crippen LogP contribution in [0.3, 0.4) is 0 Å². The van der Waals surface area contributed by atoms with Crippen LogP contribution in [-0.4, -0.2) is 27.4 Å². The molecule has 2 aliphatic carbocycles. The van der Waals surface area contributed by atoms with Crippen molar-refractivity contribution in [2.75, 3.05) is 27.4 Å². The van der Waals surface area contributed by atoms with Crippen molar-refractivity contribution in [3.63, 3.8) is 0 Å². The summed E-state index contributed by atoms with van der Waals surface area (Å²) in [5.41, 5.74) is 3.34. The van der Waals surface area contributed by atoms with Gasteiger partial charge in [-0.25, -0.2) is 0 Å². The molecule has 0 spiro atoms. The van der Waals surface area contributed by atoms with Crippen LogP contribution < -0.4 is 10.1 Å². The van der Waals surface area contributed by atoms with Crippen molar-refractivity contribution in [3.8, 4) is 5.75 Å². The molecule has 0 saturated heterocycles. The van der Waals surface area contributed by atoms with Gasteiger partial charge in [0.25, 0.3) is 0 Å². The summed E-state index contributed by atoms with van der Waals surface area (Å²) < 4.78 is 10.9. The molecule has 0 radical (unpaired) electrons. The molecule has 1 N–H and O–H groups in total. The van der Waals surface area contributed by atoms with Crippen LogP contribution in [0.5, 0.6) is 5.75 Å². The number of rotatable bonds is 7. The third-order valence-corrected chi connectivity index (χ3v) is 5.66. The smallest absolute Gasteiger partial charge is 0.122 e. The molecule has 3 nitrogen and oxygen atoms in total. The van der Waals surface area contributed by atoms with Gasteiger partial charge in [0.1, 0.15) is 5.75 Å². The van der Waals surface area contributed by atoms with Gasteiger partial charge in [-0.05, 0) is 61.1 Å². The molecule has 0 aromatic heterocycles. The molecule has 1 saturated carbocycles. The monoisotopic (exact) mass is 303 g/mol. The lowest BCUT2D eigenvalue weighted by molar-refractivity contribution is 0.0657. The van der Waals surface area contributed by atoms with E-state index in [0.29, 0.717) is 11.5 Å². The van der Waals surface area contributed by atoms with Crippen molar-refractivity contribution in [1.29, 1.82) is 0 Å². The van der Waals surface area contributed by atoms with Crippen LogP contribution in [0, 0.1) is 5.41 Å². The second kappa shape index (κ2) is 7.01. The Morgan fingerprint density at radius 2 is 2.09 bits per heavy atom. The summed E-state index contributed by atoms with van der Waals surface area (Å²) in [5.74, 6) is 1.06. The van der Waals surface area contributed by atoms with E-state index in [1.54, 1.807) is 7.11 Å². The molecule has 1 fully saturated rings. The first-order valence-electron chi connectivity index (χ1n) is 8.66. The lowest BCUT2D eigenvalue weighted by Gasteiger charge is -2.43. The van der Waals surface area contributed by atoms with Crippen LogP contribution in [0.1, 0.15) is 55.7 Å². The van der Waals surface area contributed by atoms with Crippen LogP contribution >= 0.6 is 0 Å². The van der Waals surface area contributed by atoms with Crippen LogP contribution in [-0.2, 0) is 11.2 Å². The highest BCUT2D eigenvalue weighted by Gasteiger charge is 2.37. The zero-order valence-corrected chi connectivity index (χ0v) is 14.0. The Labute approximate surface area is 134 Å². The van der Waals surface area contributed by atoms with E-state index in [0.717, 1.165) is 25.3 Å². The summed E-state index contributed by atoms with van der Waals surface area (Å²) in [4.78, 5) is 0. The third kappa shape index (κ3) is 3.16. The molecule has 2 aliphatic rings. The van der Waals surface area contributed by atoms with E-state index in [-0.39, 0.29) is 0 Å². The van der Waals surface area contributed by atoms with E-state index in [1.807, 2.05) is 7.11 Å². The fourth-order valence-corrected chi connectivity index (χ4v) is 4.07. The van der Waals surface area contributed by atoms with Crippen molar-refractivity contribution in [2.24, 2.45) is 5.41 Å². The van der Waals surface area contributed by atoms with Crippen molar-refractivity contribution < 1.29 is 9.47 Å². The molecule has 3 rings (SSSR count). The first kappa shape index (κ1) is 15.8. The minimum atomic E-state index is 0.479. The number of benzene rings is 1. The highest BCUT2D eigenvalue weighted by Crippen LogP contribution is 2.44. The Morgan fingerprint density at radius 1 is 1.23 bits per heavy atom. The van der Waals surface area contributed by atoms with E-state index in [9.17, 15) is 0 Å². The molecule has 1 aromatic rings. The molecule has 0 heterocycles. The van der Waals surface area contributed by atoms with Gasteiger partial charge in [0.05, 0.1) is 7.11 Å². The Balaban J connectivity index is 1.67. The van der Waals surface area contributed by atoms with Crippen molar-refractivity contribution in [2.45, 2.75) is 51.0 Å². The van der Waals surface area contributed by atoms with E-state index in [2.05, 4.69) is 23.5 Å². The molecule has 22 heavy (non-hydrogen) atoms. The van der Waals surface area contributed by atoms with Gasteiger partial charge in [-0.15, -0.1) is 0 Å². The summed E-state index contributed by atoms with van der Waals surface area (Å²) in [6.07, 6.45) is 8.89. The standard InChI is InChI=1S/C19H29NO2/c1-21-13-12-19(10-5-11-19)14-20-17-8-3-7-16-15(17)6-4-9-18(16)22-2/h4,6,9,17,20H,3,5,7-8,10-14H2,1-2H3. The van der Waals surface area contributed by atoms with Crippen molar-refractivity contribution >= 4 is 0 Å². The maximum absolute atomic E-state index is 5.55. The lowest BCUT2D eigenvalue weighted by Crippen LogP contribution is -2.42. The quantitative estimate of drug-likeness (QED) is 0.829. The zero-order chi connectivity index (χ0) is 15.4. The zero-order valence-electron chi connectivity index (χ0n) is 14.0. The highest BCUT2D eigenvalue weighted by atomic mass is 16.5. The Kier molecular flexibility index (Phi) is 5.04. The minimum Gasteiger partial charge on any atom is -0.496 e. The van der Waals surface area contributed by atoms with E-state index >= 15 is 0 Å². The van der Waals surface area contributed by atoms with Gasteiger partial charge in [-0.1, -0.05) is 18.6 Å². The van der Waals surface area contributed by atoms with E-state index in [4.69, 9.17) is 9.47 Å². The predicted molar refractivity (Wildman–Crippen MR) is 89.5 cm³/mol. The van der Waals surface area contributed by atoms with Crippen LogP contribution in [0.4, 0.5) is 0 Å². The van der Waals surface area contributed by atoms with Gasteiger partial charge in [-0.3, -0.25) is 0 Å². The first-order valence-corrected chi connectivity index (χ1v) is 8.66. The molecular formula is C19H29NO2. The number of methoxy groups -OCH3 is 2. The van der Waals surface area contributed by atoms with Crippen LogP contribution in [0.25, 0.3) is 0 Å². The molecule has 0 bridgehead atoms. The normalized spacial score (nSPS) is 22.7. The molecule has 122 valence electrons. The SMILES string of the molecule is COCCC1(CNC2CCCc3c(OC)cccc32)CCC1. The number of fused-ring (bicyclic) bond motifs is 1. The van der Waals surface area contributed by atoms with Crippen molar-refractivity contribution in [1.82, 2.24) is 5.32 Å². The molecule has 3 heteroatoms. The molecule has 0 aliphatic heterocycles. The Bertz CT molecular complexity index is 496. The average Bonchev–Trinajstić information content (AvgIpc) is 2.53. The third-order valence-electron chi connectivity index (χ3n) is 5.66. The Hall–Kier alpha value is -1.06. The molecule has 1 unspecified atom stereocenters. The molecule has 0 amide bonds. The van der Waals surface area contributed by atoms with Gasteiger partial charge in [0.2, 0.25) is 0 Å². The summed E-state index contributed by atoms with van der Waals surface area (Å²) in [6, 6.07) is 6.98. The highest BCUT2D eigenvalue weighted by molar-refractivity contribution is 5.43. The summed E-state index contributed by atoms with van der Waals surface area (Å²) in [6.45, 7) is 2.01. The lowest BCUT2D eigenvalue weighted by atomic mass is 9.66. The topological polar surface area (TPSA) is 30.5 Å². The van der Waals surface area contributed by atoms with E-state index in [1.165, 1.54) is 49.7 Å². The first-order chi connectivity index (χ1) is 10.8. The second-order valence-corrected chi connectivity index (χ2v) is 6.95. The van der Waals surface area contributed by atoms with Gasteiger partial charge < -0.3 is 14.8 Å². The van der Waals surface area contributed by atoms with Crippen LogP contribution in [0.2, 0.25) is 0 Å². The maximum Gasteiger partial charge on any atom is 0.122 e. The summed E-state index contributed by atoms with van der Waals surface area (Å²) in [5, 5.41) is 3.87. The number of ether oxygens (including phenoxy) is 2. The molecule has 1 atom stereocenters. The maximum atomic E-state index is 5.55. The Morgan fingerprint density at radius 3 is 2.77 bits per heavy atom. The predicted octanol–water partition coefficient (Wildman–Crippen LogP) is 3.87. The number of hydrogen-bond acceptors (Lipinski definition) is 3. The number of hydrogen-bond donors (Lipinski definition) is 1. The van der Waals surface area contributed by atoms with Gasteiger partial charge in [0, 0.05) is 26.3 Å². The summed E-state index contributed by atoms with van der Waals surface area (Å²) in [7, 11) is 3.59.